The lowest BCUT2D eigenvalue weighted by atomic mass is 9.92. The minimum atomic E-state index is -0.0418. The van der Waals surface area contributed by atoms with E-state index in [2.05, 4.69) is 47.4 Å². The van der Waals surface area contributed by atoms with Crippen molar-refractivity contribution in [2.75, 3.05) is 18.5 Å². The lowest BCUT2D eigenvalue weighted by Crippen LogP contribution is -2.41. The molecule has 2 saturated heterocycles. The molecule has 0 unspecified atom stereocenters. The lowest BCUT2D eigenvalue weighted by molar-refractivity contribution is 0.0675. The molecule has 152 valence electrons. The predicted molar refractivity (Wildman–Crippen MR) is 109 cm³/mol. The minimum Gasteiger partial charge on any atom is -0.371 e. The Labute approximate surface area is 171 Å². The standard InChI is InChI=1S/C22H27N5O2/c1-22(2,3)18-7-8-24-21(27-18)26-17-13-29-19-16(12-28-20(17)19)25-11-15-6-4-5-14(9-15)10-23/h4-9,16-17,19-20,25H,11-13H2,1-3H3,(H,24,26,27)/t16-,17+,19-,20+/m0/s1. The van der Waals surface area contributed by atoms with Crippen LogP contribution >= 0.6 is 0 Å². The van der Waals surface area contributed by atoms with Crippen molar-refractivity contribution >= 4 is 5.95 Å². The van der Waals surface area contributed by atoms with Gasteiger partial charge in [0.05, 0.1) is 42.6 Å². The van der Waals surface area contributed by atoms with Gasteiger partial charge in [0.15, 0.2) is 0 Å². The third-order valence-corrected chi connectivity index (χ3v) is 5.42. The largest absolute Gasteiger partial charge is 0.371 e. The van der Waals surface area contributed by atoms with Crippen LogP contribution in [0.25, 0.3) is 0 Å². The summed E-state index contributed by atoms with van der Waals surface area (Å²) in [6, 6.07) is 11.9. The van der Waals surface area contributed by atoms with Crippen LogP contribution in [0.15, 0.2) is 36.5 Å². The van der Waals surface area contributed by atoms with Gasteiger partial charge in [-0.15, -0.1) is 0 Å². The Bertz CT molecular complexity index is 905. The Hall–Kier alpha value is -2.53. The number of benzene rings is 1. The summed E-state index contributed by atoms with van der Waals surface area (Å²) in [4.78, 5) is 9.02. The average Bonchev–Trinajstić information content (AvgIpc) is 3.29. The molecular weight excluding hydrogens is 366 g/mol. The van der Waals surface area contributed by atoms with Crippen molar-refractivity contribution in [1.82, 2.24) is 15.3 Å². The van der Waals surface area contributed by atoms with Crippen molar-refractivity contribution in [3.05, 3.63) is 53.3 Å². The lowest BCUT2D eigenvalue weighted by Gasteiger charge is -2.21. The number of aromatic nitrogens is 2. The summed E-state index contributed by atoms with van der Waals surface area (Å²) in [5, 5.41) is 16.0. The van der Waals surface area contributed by atoms with Crippen LogP contribution in [0.2, 0.25) is 0 Å². The normalized spacial score (nSPS) is 26.1. The fourth-order valence-electron chi connectivity index (χ4n) is 3.81. The van der Waals surface area contributed by atoms with Crippen molar-refractivity contribution in [1.29, 1.82) is 5.26 Å². The van der Waals surface area contributed by atoms with Crippen molar-refractivity contribution in [2.24, 2.45) is 0 Å². The molecule has 2 N–H and O–H groups in total. The van der Waals surface area contributed by atoms with E-state index in [0.717, 1.165) is 11.3 Å². The van der Waals surface area contributed by atoms with Crippen molar-refractivity contribution in [3.63, 3.8) is 0 Å². The van der Waals surface area contributed by atoms with E-state index in [9.17, 15) is 0 Å². The summed E-state index contributed by atoms with van der Waals surface area (Å²) in [5.41, 5.74) is 2.71. The van der Waals surface area contributed by atoms with Gasteiger partial charge in [-0.05, 0) is 23.8 Å². The molecule has 7 heteroatoms. The van der Waals surface area contributed by atoms with Gasteiger partial charge in [-0.3, -0.25) is 0 Å². The second-order valence-electron chi connectivity index (χ2n) is 8.66. The Kier molecular flexibility index (Phi) is 5.50. The molecule has 1 aromatic carbocycles. The van der Waals surface area contributed by atoms with Gasteiger partial charge in [0.1, 0.15) is 12.2 Å². The summed E-state index contributed by atoms with van der Waals surface area (Å²) in [5.74, 6) is 0.611. The van der Waals surface area contributed by atoms with E-state index < -0.39 is 0 Å². The van der Waals surface area contributed by atoms with Crippen molar-refractivity contribution in [2.45, 2.75) is 57.0 Å². The zero-order valence-corrected chi connectivity index (χ0v) is 17.1. The van der Waals surface area contributed by atoms with Crippen molar-refractivity contribution < 1.29 is 9.47 Å². The molecule has 2 aliphatic heterocycles. The topological polar surface area (TPSA) is 92.1 Å². The van der Waals surface area contributed by atoms with Gasteiger partial charge in [0, 0.05) is 18.2 Å². The second kappa shape index (κ2) is 8.07. The Balaban J connectivity index is 1.36. The smallest absolute Gasteiger partial charge is 0.223 e. The van der Waals surface area contributed by atoms with E-state index in [1.165, 1.54) is 0 Å². The van der Waals surface area contributed by atoms with Crippen molar-refractivity contribution in [3.8, 4) is 6.07 Å². The molecule has 2 aliphatic rings. The highest BCUT2D eigenvalue weighted by Crippen LogP contribution is 2.29. The van der Waals surface area contributed by atoms with Crippen LogP contribution in [0.4, 0.5) is 5.95 Å². The number of hydrogen-bond acceptors (Lipinski definition) is 7. The molecule has 3 heterocycles. The fraction of sp³-hybridized carbons (Fsp3) is 0.500. The van der Waals surface area contributed by atoms with Crippen LogP contribution in [-0.4, -0.2) is 47.5 Å². The van der Waals surface area contributed by atoms with E-state index in [1.54, 1.807) is 6.20 Å². The molecule has 4 atom stereocenters. The molecule has 29 heavy (non-hydrogen) atoms. The third-order valence-electron chi connectivity index (χ3n) is 5.42. The van der Waals surface area contributed by atoms with Gasteiger partial charge >= 0.3 is 0 Å². The molecule has 2 fully saturated rings. The highest BCUT2D eigenvalue weighted by Gasteiger charge is 2.47. The Morgan fingerprint density at radius 3 is 2.66 bits per heavy atom. The highest BCUT2D eigenvalue weighted by atomic mass is 16.6. The second-order valence-corrected chi connectivity index (χ2v) is 8.66. The van der Waals surface area contributed by atoms with Gasteiger partial charge in [0.2, 0.25) is 5.95 Å². The summed E-state index contributed by atoms with van der Waals surface area (Å²) in [7, 11) is 0. The van der Waals surface area contributed by atoms with Crippen LogP contribution < -0.4 is 10.6 Å². The summed E-state index contributed by atoms with van der Waals surface area (Å²) in [6.45, 7) is 8.23. The first-order valence-corrected chi connectivity index (χ1v) is 10.00. The minimum absolute atomic E-state index is 0.0163. The molecule has 0 amide bonds. The van der Waals surface area contributed by atoms with E-state index in [0.29, 0.717) is 31.3 Å². The van der Waals surface area contributed by atoms with Crippen LogP contribution in [0.5, 0.6) is 0 Å². The first-order chi connectivity index (χ1) is 13.9. The number of anilines is 1. The molecule has 4 rings (SSSR count). The number of fused-ring (bicyclic) bond motifs is 1. The number of nitrogens with one attached hydrogen (secondary N) is 2. The maximum absolute atomic E-state index is 9.05. The molecule has 7 nitrogen and oxygen atoms in total. The maximum atomic E-state index is 9.05. The molecule has 0 aliphatic carbocycles. The van der Waals surface area contributed by atoms with Crippen LogP contribution in [0.3, 0.4) is 0 Å². The van der Waals surface area contributed by atoms with Crippen LogP contribution in [0.1, 0.15) is 37.6 Å². The molecular formula is C22H27N5O2. The average molecular weight is 393 g/mol. The summed E-state index contributed by atoms with van der Waals surface area (Å²) < 4.78 is 12.1. The molecule has 0 saturated carbocycles. The van der Waals surface area contributed by atoms with E-state index >= 15 is 0 Å². The van der Waals surface area contributed by atoms with Gasteiger partial charge in [-0.25, -0.2) is 9.97 Å². The number of hydrogen-bond donors (Lipinski definition) is 2. The Morgan fingerprint density at radius 1 is 1.14 bits per heavy atom. The molecule has 0 bridgehead atoms. The zero-order valence-electron chi connectivity index (χ0n) is 17.1. The van der Waals surface area contributed by atoms with E-state index in [1.807, 2.05) is 30.3 Å². The Morgan fingerprint density at radius 2 is 1.90 bits per heavy atom. The third kappa shape index (κ3) is 4.40. The molecule has 0 radical (unpaired) electrons. The first kappa shape index (κ1) is 19.8. The maximum Gasteiger partial charge on any atom is 0.223 e. The predicted octanol–water partition coefficient (Wildman–Crippen LogP) is 2.38. The SMILES string of the molecule is CC(C)(C)c1ccnc(N[C@@H]2CO[C@@H]3[C@@H]2OC[C@@H]3NCc2cccc(C#N)c2)n1. The van der Waals surface area contributed by atoms with E-state index in [-0.39, 0.29) is 29.7 Å². The molecule has 1 aromatic heterocycles. The zero-order chi connectivity index (χ0) is 20.4. The van der Waals surface area contributed by atoms with Gasteiger partial charge in [-0.2, -0.15) is 5.26 Å². The van der Waals surface area contributed by atoms with E-state index in [4.69, 9.17) is 14.7 Å². The van der Waals surface area contributed by atoms with Crippen LogP contribution in [0, 0.1) is 11.3 Å². The van der Waals surface area contributed by atoms with Gasteiger partial charge in [0.25, 0.3) is 0 Å². The number of rotatable bonds is 5. The molecule has 2 aromatic rings. The monoisotopic (exact) mass is 393 g/mol. The van der Waals surface area contributed by atoms with Crippen LogP contribution in [-0.2, 0) is 21.4 Å². The summed E-state index contributed by atoms with van der Waals surface area (Å²) in [6.07, 6.45) is 1.73. The number of nitriles is 1. The highest BCUT2D eigenvalue weighted by molar-refractivity contribution is 5.33. The summed E-state index contributed by atoms with van der Waals surface area (Å²) >= 11 is 0. The fourth-order valence-corrected chi connectivity index (χ4v) is 3.81. The number of nitrogens with zero attached hydrogens (tertiary/aromatic N) is 3. The van der Waals surface area contributed by atoms with Gasteiger partial charge in [-0.1, -0.05) is 32.9 Å². The number of ether oxygens (including phenoxy) is 2. The quantitative estimate of drug-likeness (QED) is 0.806. The first-order valence-electron chi connectivity index (χ1n) is 10.00. The van der Waals surface area contributed by atoms with Gasteiger partial charge < -0.3 is 20.1 Å². The molecule has 0 spiro atoms.